The number of carboxylic acid groups (broad SMARTS) is 1. The molecule has 0 spiro atoms. The van der Waals surface area contributed by atoms with E-state index in [0.29, 0.717) is 23.7 Å². The first-order valence-electron chi connectivity index (χ1n) is 15.3. The van der Waals surface area contributed by atoms with Crippen LogP contribution >= 0.6 is 0 Å². The third-order valence-electron chi connectivity index (χ3n) is 14.2. The van der Waals surface area contributed by atoms with E-state index in [9.17, 15) is 9.90 Å². The van der Waals surface area contributed by atoms with Gasteiger partial charge in [-0.1, -0.05) is 46.8 Å². The molecule has 1 saturated heterocycles. The van der Waals surface area contributed by atoms with E-state index in [1.54, 1.807) is 0 Å². The van der Waals surface area contributed by atoms with Crippen LogP contribution in [0.4, 0.5) is 0 Å². The number of fused-ring (bicyclic) bond motifs is 8. The van der Waals surface area contributed by atoms with E-state index in [1.165, 1.54) is 31.3 Å². The highest BCUT2D eigenvalue weighted by molar-refractivity contribution is 5.76. The second-order valence-corrected chi connectivity index (χ2v) is 16.3. The summed E-state index contributed by atoms with van der Waals surface area (Å²) < 4.78 is 13.1. The van der Waals surface area contributed by atoms with Crippen molar-refractivity contribution >= 4 is 5.97 Å². The van der Waals surface area contributed by atoms with Crippen LogP contribution in [0.25, 0.3) is 0 Å². The van der Waals surface area contributed by atoms with Crippen molar-refractivity contribution in [3.05, 3.63) is 12.2 Å². The van der Waals surface area contributed by atoms with Crippen molar-refractivity contribution in [3.63, 3.8) is 0 Å². The van der Waals surface area contributed by atoms with Gasteiger partial charge in [0.25, 0.3) is 0 Å². The van der Waals surface area contributed by atoms with E-state index in [0.717, 1.165) is 32.1 Å². The standard InChI is InChI=1S/C33H52O4/c1-19(2)20-12-15-33(27(34)35)17-16-31(8)21(25(20)33)10-11-24-30(7)18-22-26(37-29(5,6)36-22)28(3,4)23(30)13-14-32(24,31)9/h20-26H,1,10-18H2,2-9H3,(H,34,35)/t20-,21+,22?,23-,24+,25+,26?,30-,31+,32+,33-/m0/s1. The van der Waals surface area contributed by atoms with E-state index in [2.05, 4.69) is 62.0 Å². The van der Waals surface area contributed by atoms with Crippen LogP contribution in [0.3, 0.4) is 0 Å². The van der Waals surface area contributed by atoms with Crippen LogP contribution in [0.2, 0.25) is 0 Å². The molecule has 6 aliphatic rings. The van der Waals surface area contributed by atoms with Crippen molar-refractivity contribution in [3.8, 4) is 0 Å². The second-order valence-electron chi connectivity index (χ2n) is 16.3. The molecule has 0 aromatic rings. The molecule has 0 bridgehead atoms. The number of carboxylic acids is 1. The van der Waals surface area contributed by atoms with Gasteiger partial charge in [-0.2, -0.15) is 0 Å². The van der Waals surface area contributed by atoms with E-state index >= 15 is 0 Å². The van der Waals surface area contributed by atoms with Gasteiger partial charge >= 0.3 is 5.97 Å². The molecule has 2 unspecified atom stereocenters. The molecule has 1 heterocycles. The van der Waals surface area contributed by atoms with E-state index in [4.69, 9.17) is 9.47 Å². The monoisotopic (exact) mass is 512 g/mol. The number of hydrogen-bond donors (Lipinski definition) is 1. The molecule has 5 aliphatic carbocycles. The molecule has 37 heavy (non-hydrogen) atoms. The minimum absolute atomic E-state index is 0.0754. The maximum atomic E-state index is 12.9. The summed E-state index contributed by atoms with van der Waals surface area (Å²) in [7, 11) is 0. The van der Waals surface area contributed by atoms with Gasteiger partial charge in [-0.15, -0.1) is 0 Å². The topological polar surface area (TPSA) is 55.8 Å². The fraction of sp³-hybridized carbons (Fsp3) is 0.909. The lowest BCUT2D eigenvalue weighted by Gasteiger charge is -2.73. The Morgan fingerprint density at radius 2 is 1.54 bits per heavy atom. The molecule has 6 fully saturated rings. The first kappa shape index (κ1) is 26.4. The van der Waals surface area contributed by atoms with Crippen LogP contribution in [0.1, 0.15) is 113 Å². The number of hydrogen-bond acceptors (Lipinski definition) is 3. The van der Waals surface area contributed by atoms with Gasteiger partial charge < -0.3 is 14.6 Å². The van der Waals surface area contributed by atoms with Crippen molar-refractivity contribution in [1.29, 1.82) is 0 Å². The predicted molar refractivity (Wildman–Crippen MR) is 146 cm³/mol. The molecule has 5 saturated carbocycles. The normalized spacial score (nSPS) is 55.3. The Labute approximate surface area is 225 Å². The highest BCUT2D eigenvalue weighted by Gasteiger charge is 2.73. The Hall–Kier alpha value is -0.870. The molecule has 0 aromatic heterocycles. The Kier molecular flexibility index (Phi) is 5.45. The van der Waals surface area contributed by atoms with E-state index in [-0.39, 0.29) is 39.8 Å². The lowest BCUT2D eigenvalue weighted by molar-refractivity contribution is -0.252. The van der Waals surface area contributed by atoms with Gasteiger partial charge in [0, 0.05) is 0 Å². The largest absolute Gasteiger partial charge is 0.481 e. The highest BCUT2D eigenvalue weighted by Crippen LogP contribution is 2.78. The van der Waals surface area contributed by atoms with Crippen LogP contribution < -0.4 is 0 Å². The molecule has 0 aromatic carbocycles. The Morgan fingerprint density at radius 3 is 2.19 bits per heavy atom. The SMILES string of the molecule is C=C(C)[C@@H]1CC[C@]2(C(=O)O)CC[C@]3(C)[C@H](CC[C@@H]4[C@@]5(C)CC6OC(C)(C)OC6C(C)(C)[C@@H]5CC[C@]43C)[C@@H]12. The Bertz CT molecular complexity index is 1010. The summed E-state index contributed by atoms with van der Waals surface area (Å²) in [4.78, 5) is 12.9. The van der Waals surface area contributed by atoms with Gasteiger partial charge in [-0.25, -0.2) is 0 Å². The molecule has 4 nitrogen and oxygen atoms in total. The van der Waals surface area contributed by atoms with Crippen molar-refractivity contribution in [1.82, 2.24) is 0 Å². The van der Waals surface area contributed by atoms with Gasteiger partial charge in [0.1, 0.15) is 0 Å². The van der Waals surface area contributed by atoms with Gasteiger partial charge in [-0.05, 0) is 130 Å². The minimum atomic E-state index is -0.543. The Balaban J connectivity index is 1.40. The number of carbonyl (C=O) groups is 1. The summed E-state index contributed by atoms with van der Waals surface area (Å²) in [6, 6.07) is 0. The third kappa shape index (κ3) is 3.12. The van der Waals surface area contributed by atoms with Gasteiger partial charge in [0.15, 0.2) is 5.79 Å². The first-order valence-corrected chi connectivity index (χ1v) is 15.3. The quantitative estimate of drug-likeness (QED) is 0.383. The zero-order chi connectivity index (χ0) is 27.0. The lowest BCUT2D eigenvalue weighted by Crippen LogP contribution is -2.68. The maximum Gasteiger partial charge on any atom is 0.309 e. The first-order chi connectivity index (χ1) is 17.0. The van der Waals surface area contributed by atoms with Gasteiger partial charge in [-0.3, -0.25) is 4.79 Å². The summed E-state index contributed by atoms with van der Waals surface area (Å²) in [5.41, 5.74) is 1.33. The maximum absolute atomic E-state index is 12.9. The fourth-order valence-corrected chi connectivity index (χ4v) is 12.6. The molecule has 0 amide bonds. The minimum Gasteiger partial charge on any atom is -0.481 e. The number of allylic oxidation sites excluding steroid dienone is 1. The summed E-state index contributed by atoms with van der Waals surface area (Å²) in [5, 5.41) is 10.6. The molecule has 0 radical (unpaired) electrons. The van der Waals surface area contributed by atoms with Crippen molar-refractivity contribution in [2.24, 2.45) is 56.7 Å². The zero-order valence-electron chi connectivity index (χ0n) is 24.8. The molecule has 1 aliphatic heterocycles. The third-order valence-corrected chi connectivity index (χ3v) is 14.2. The van der Waals surface area contributed by atoms with Crippen LogP contribution in [-0.2, 0) is 14.3 Å². The number of aliphatic carboxylic acids is 1. The van der Waals surface area contributed by atoms with Crippen molar-refractivity contribution in [2.75, 3.05) is 0 Å². The van der Waals surface area contributed by atoms with Crippen LogP contribution in [-0.4, -0.2) is 29.1 Å². The molecule has 6 rings (SSSR count). The zero-order valence-corrected chi connectivity index (χ0v) is 24.8. The van der Waals surface area contributed by atoms with Crippen molar-refractivity contribution < 1.29 is 19.4 Å². The van der Waals surface area contributed by atoms with Crippen LogP contribution in [0.5, 0.6) is 0 Å². The second kappa shape index (κ2) is 7.65. The fourth-order valence-electron chi connectivity index (χ4n) is 12.6. The van der Waals surface area contributed by atoms with Crippen LogP contribution in [0.15, 0.2) is 12.2 Å². The summed E-state index contributed by atoms with van der Waals surface area (Å²) in [6.45, 7) is 23.4. The Morgan fingerprint density at radius 1 is 0.838 bits per heavy atom. The summed E-state index contributed by atoms with van der Waals surface area (Å²) in [6.07, 6.45) is 10.0. The average molecular weight is 513 g/mol. The summed E-state index contributed by atoms with van der Waals surface area (Å²) >= 11 is 0. The number of rotatable bonds is 2. The van der Waals surface area contributed by atoms with Crippen LogP contribution in [0, 0.1) is 56.7 Å². The summed E-state index contributed by atoms with van der Waals surface area (Å²) in [5.74, 6) is 1.28. The lowest BCUT2D eigenvalue weighted by atomic mass is 9.32. The van der Waals surface area contributed by atoms with E-state index in [1.807, 2.05) is 0 Å². The smallest absolute Gasteiger partial charge is 0.309 e. The predicted octanol–water partition coefficient (Wildman–Crippen LogP) is 7.86. The molecule has 1 N–H and O–H groups in total. The van der Waals surface area contributed by atoms with Crippen molar-refractivity contribution in [2.45, 2.75) is 131 Å². The average Bonchev–Trinajstić information content (AvgIpc) is 3.32. The molecule has 4 heteroatoms. The van der Waals surface area contributed by atoms with E-state index < -0.39 is 17.2 Å². The highest BCUT2D eigenvalue weighted by atomic mass is 16.8. The molecule has 11 atom stereocenters. The molecular formula is C33H52O4. The van der Waals surface area contributed by atoms with Gasteiger partial charge in [0.2, 0.25) is 0 Å². The molecule has 208 valence electrons. The van der Waals surface area contributed by atoms with Gasteiger partial charge in [0.05, 0.1) is 17.6 Å². The number of ether oxygens (including phenoxy) is 2. The molecular weight excluding hydrogens is 460 g/mol.